The summed E-state index contributed by atoms with van der Waals surface area (Å²) in [5.41, 5.74) is 0. The van der Waals surface area contributed by atoms with Crippen molar-refractivity contribution in [1.29, 1.82) is 0 Å². The highest BCUT2D eigenvalue weighted by Crippen LogP contribution is 2.13. The fourth-order valence-corrected chi connectivity index (χ4v) is 2.08. The monoisotopic (exact) mass is 215 g/mol. The van der Waals surface area contributed by atoms with E-state index in [0.29, 0.717) is 6.42 Å². The number of hydrogen-bond acceptors (Lipinski definition) is 4. The number of hydrogen-bond donors (Lipinski definition) is 1. The molecule has 1 heterocycles. The molecule has 80 valence electrons. The Labute approximate surface area is 88.8 Å². The maximum absolute atomic E-state index is 9.85. The van der Waals surface area contributed by atoms with Crippen molar-refractivity contribution in [2.75, 3.05) is 7.11 Å². The second-order valence-electron chi connectivity index (χ2n) is 3.26. The molecule has 3 nitrogen and oxygen atoms in total. The van der Waals surface area contributed by atoms with Crippen LogP contribution in [0.2, 0.25) is 0 Å². The number of thiazole rings is 1. The third-order valence-corrected chi connectivity index (χ3v) is 2.97. The molecule has 2 unspecified atom stereocenters. The van der Waals surface area contributed by atoms with Crippen LogP contribution in [0.25, 0.3) is 0 Å². The van der Waals surface area contributed by atoms with Crippen molar-refractivity contribution in [2.24, 2.45) is 0 Å². The number of aliphatic hydroxyl groups excluding tert-OH is 1. The van der Waals surface area contributed by atoms with Crippen LogP contribution in [0.4, 0.5) is 0 Å². The fraction of sp³-hybridized carbons (Fsp3) is 0.700. The summed E-state index contributed by atoms with van der Waals surface area (Å²) >= 11 is 1.57. The van der Waals surface area contributed by atoms with E-state index >= 15 is 0 Å². The first-order chi connectivity index (χ1) is 6.77. The lowest BCUT2D eigenvalue weighted by molar-refractivity contribution is -0.0159. The van der Waals surface area contributed by atoms with Crippen LogP contribution >= 0.6 is 11.3 Å². The third kappa shape index (κ3) is 3.36. The lowest BCUT2D eigenvalue weighted by Crippen LogP contribution is -2.29. The van der Waals surface area contributed by atoms with Crippen molar-refractivity contribution in [3.8, 4) is 0 Å². The minimum absolute atomic E-state index is 0.0658. The zero-order valence-electron chi connectivity index (χ0n) is 8.64. The summed E-state index contributed by atoms with van der Waals surface area (Å²) in [6, 6.07) is 0. The van der Waals surface area contributed by atoms with Gasteiger partial charge in [-0.15, -0.1) is 11.3 Å². The van der Waals surface area contributed by atoms with Gasteiger partial charge in [-0.2, -0.15) is 0 Å². The van der Waals surface area contributed by atoms with Gasteiger partial charge >= 0.3 is 0 Å². The average molecular weight is 215 g/mol. The fourth-order valence-electron chi connectivity index (χ4n) is 1.42. The molecule has 0 aliphatic rings. The molecule has 14 heavy (non-hydrogen) atoms. The molecule has 1 N–H and O–H groups in total. The van der Waals surface area contributed by atoms with E-state index in [-0.39, 0.29) is 6.10 Å². The van der Waals surface area contributed by atoms with Crippen LogP contribution in [0.5, 0.6) is 0 Å². The van der Waals surface area contributed by atoms with Gasteiger partial charge in [-0.1, -0.05) is 13.3 Å². The topological polar surface area (TPSA) is 42.4 Å². The van der Waals surface area contributed by atoms with Gasteiger partial charge in [0, 0.05) is 25.1 Å². The first-order valence-corrected chi connectivity index (χ1v) is 5.75. The summed E-state index contributed by atoms with van der Waals surface area (Å²) in [5, 5.41) is 12.7. The third-order valence-electron chi connectivity index (χ3n) is 2.17. The van der Waals surface area contributed by atoms with E-state index in [2.05, 4.69) is 11.9 Å². The Hall–Kier alpha value is -0.450. The van der Waals surface area contributed by atoms with Crippen molar-refractivity contribution in [3.05, 3.63) is 16.6 Å². The molecule has 1 aromatic rings. The van der Waals surface area contributed by atoms with E-state index in [1.165, 1.54) is 0 Å². The second-order valence-corrected chi connectivity index (χ2v) is 4.24. The molecule has 0 fully saturated rings. The highest BCUT2D eigenvalue weighted by atomic mass is 32.1. The number of aliphatic hydroxyl groups is 1. The quantitative estimate of drug-likeness (QED) is 0.787. The maximum atomic E-state index is 9.85. The summed E-state index contributed by atoms with van der Waals surface area (Å²) in [6.45, 7) is 2.09. The molecule has 0 saturated heterocycles. The van der Waals surface area contributed by atoms with Crippen molar-refractivity contribution < 1.29 is 9.84 Å². The van der Waals surface area contributed by atoms with Crippen molar-refractivity contribution in [2.45, 2.75) is 38.4 Å². The molecule has 0 saturated carbocycles. The molecule has 0 aromatic carbocycles. The highest BCUT2D eigenvalue weighted by Gasteiger charge is 2.18. The molecule has 1 rings (SSSR count). The van der Waals surface area contributed by atoms with Gasteiger partial charge in [0.2, 0.25) is 0 Å². The molecule has 2 atom stereocenters. The minimum Gasteiger partial charge on any atom is -0.390 e. The predicted molar refractivity (Wildman–Crippen MR) is 57.5 cm³/mol. The Morgan fingerprint density at radius 1 is 1.64 bits per heavy atom. The first-order valence-electron chi connectivity index (χ1n) is 4.87. The van der Waals surface area contributed by atoms with Crippen molar-refractivity contribution >= 4 is 11.3 Å². The molecule has 0 bridgehead atoms. The smallest absolute Gasteiger partial charge is 0.0951 e. The molecule has 0 amide bonds. The summed E-state index contributed by atoms with van der Waals surface area (Å²) in [7, 11) is 1.64. The summed E-state index contributed by atoms with van der Waals surface area (Å²) in [4.78, 5) is 4.14. The number of methoxy groups -OCH3 is 1. The van der Waals surface area contributed by atoms with Crippen molar-refractivity contribution in [3.63, 3.8) is 0 Å². The van der Waals surface area contributed by atoms with Gasteiger partial charge in [-0.3, -0.25) is 0 Å². The molecular formula is C10H17NO2S. The Morgan fingerprint density at radius 2 is 2.43 bits per heavy atom. The molecule has 0 radical (unpaired) electrons. The van der Waals surface area contributed by atoms with Crippen LogP contribution in [0, 0.1) is 0 Å². The lowest BCUT2D eigenvalue weighted by Gasteiger charge is -2.19. The highest BCUT2D eigenvalue weighted by molar-refractivity contribution is 7.09. The second kappa shape index (κ2) is 6.11. The van der Waals surface area contributed by atoms with Crippen molar-refractivity contribution in [1.82, 2.24) is 4.98 Å². The summed E-state index contributed by atoms with van der Waals surface area (Å²) in [6.07, 6.45) is 3.76. The van der Waals surface area contributed by atoms with Gasteiger partial charge in [0.1, 0.15) is 0 Å². The molecule has 1 aromatic heterocycles. The van der Waals surface area contributed by atoms with Crippen LogP contribution in [-0.2, 0) is 11.2 Å². The number of ether oxygens (including phenoxy) is 1. The van der Waals surface area contributed by atoms with Crippen LogP contribution in [0.3, 0.4) is 0 Å². The Balaban J connectivity index is 2.43. The van der Waals surface area contributed by atoms with Crippen LogP contribution in [0.1, 0.15) is 24.8 Å². The van der Waals surface area contributed by atoms with E-state index in [0.717, 1.165) is 17.8 Å². The summed E-state index contributed by atoms with van der Waals surface area (Å²) < 4.78 is 5.23. The average Bonchev–Trinajstić information content (AvgIpc) is 2.66. The number of rotatable bonds is 6. The summed E-state index contributed by atoms with van der Waals surface area (Å²) in [5.74, 6) is 0. The van der Waals surface area contributed by atoms with E-state index in [4.69, 9.17) is 4.74 Å². The molecule has 0 aliphatic carbocycles. The van der Waals surface area contributed by atoms with Gasteiger partial charge < -0.3 is 9.84 Å². The van der Waals surface area contributed by atoms with E-state index in [1.54, 1.807) is 24.6 Å². The molecule has 0 spiro atoms. The van der Waals surface area contributed by atoms with Gasteiger partial charge in [-0.05, 0) is 6.42 Å². The Kier molecular flexibility index (Phi) is 5.07. The molecule has 4 heteroatoms. The minimum atomic E-state index is -0.439. The maximum Gasteiger partial charge on any atom is 0.0951 e. The number of nitrogens with zero attached hydrogens (tertiary/aromatic N) is 1. The van der Waals surface area contributed by atoms with Gasteiger partial charge in [0.15, 0.2) is 0 Å². The zero-order chi connectivity index (χ0) is 10.4. The van der Waals surface area contributed by atoms with E-state index in [1.807, 2.05) is 5.38 Å². The van der Waals surface area contributed by atoms with E-state index < -0.39 is 6.10 Å². The number of aromatic nitrogens is 1. The lowest BCUT2D eigenvalue weighted by atomic mass is 10.1. The largest absolute Gasteiger partial charge is 0.390 e. The molecular weight excluding hydrogens is 198 g/mol. The van der Waals surface area contributed by atoms with Crippen LogP contribution < -0.4 is 0 Å². The molecule has 0 aliphatic heterocycles. The Morgan fingerprint density at radius 3 is 2.93 bits per heavy atom. The standard InChI is InChI=1S/C10H17NO2S/c1-3-4-9(13-2)8(12)7-10-11-5-6-14-10/h5-6,8-9,12H,3-4,7H2,1-2H3. The van der Waals surface area contributed by atoms with Gasteiger partial charge in [0.25, 0.3) is 0 Å². The van der Waals surface area contributed by atoms with Gasteiger partial charge in [0.05, 0.1) is 17.2 Å². The first kappa shape index (κ1) is 11.6. The van der Waals surface area contributed by atoms with E-state index in [9.17, 15) is 5.11 Å². The SMILES string of the molecule is CCCC(OC)C(O)Cc1nccs1. The zero-order valence-corrected chi connectivity index (χ0v) is 9.46. The van der Waals surface area contributed by atoms with Crippen LogP contribution in [0.15, 0.2) is 11.6 Å². The van der Waals surface area contributed by atoms with Gasteiger partial charge in [-0.25, -0.2) is 4.98 Å². The van der Waals surface area contributed by atoms with Crippen LogP contribution in [-0.4, -0.2) is 29.4 Å². The normalized spacial score (nSPS) is 15.4. The Bertz CT molecular complexity index is 238. The predicted octanol–water partition coefficient (Wildman–Crippen LogP) is 1.86.